The van der Waals surface area contributed by atoms with E-state index in [0.29, 0.717) is 23.5 Å². The number of rotatable bonds is 1. The van der Waals surface area contributed by atoms with Crippen LogP contribution in [0, 0.1) is 34.5 Å². The first-order valence-corrected chi connectivity index (χ1v) is 11.8. The molecule has 4 fully saturated rings. The number of ketones is 1. The number of carbonyl (C=O) groups excluding carboxylic acids is 1. The highest BCUT2D eigenvalue weighted by molar-refractivity contribution is 6.00. The van der Waals surface area contributed by atoms with E-state index in [1.54, 1.807) is 0 Å². The summed E-state index contributed by atoms with van der Waals surface area (Å²) >= 11 is 0. The summed E-state index contributed by atoms with van der Waals surface area (Å²) in [5.41, 5.74) is 1.98. The normalized spacial score (nSPS) is 48.1. The minimum atomic E-state index is -0.513. The highest BCUT2D eigenvalue weighted by Gasteiger charge is 2.63. The van der Waals surface area contributed by atoms with Gasteiger partial charge in [0.05, 0.1) is 5.60 Å². The molecule has 0 aliphatic heterocycles. The van der Waals surface area contributed by atoms with Gasteiger partial charge < -0.3 is 5.11 Å². The largest absolute Gasteiger partial charge is 0.390 e. The summed E-state index contributed by atoms with van der Waals surface area (Å²) in [5.74, 6) is 2.97. The Hall–Kier alpha value is -1.41. The number of hydrogen-bond donors (Lipinski definition) is 1. The Labute approximate surface area is 175 Å². The zero-order valence-corrected chi connectivity index (χ0v) is 18.3. The van der Waals surface area contributed by atoms with Gasteiger partial charge in [-0.3, -0.25) is 4.79 Å². The summed E-state index contributed by atoms with van der Waals surface area (Å²) in [6, 6.07) is 10.3. The zero-order chi connectivity index (χ0) is 20.4. The molecule has 4 aliphatic rings. The lowest BCUT2D eigenvalue weighted by molar-refractivity contribution is -0.147. The fourth-order valence-corrected chi connectivity index (χ4v) is 8.13. The standard InChI is InChI=1S/C27H36O2/c1-25-17-19(15-18-7-5-4-6-8-18)24(28)16-20(25)9-10-21-22(25)11-13-26(2)23(21)12-14-27(26,3)29/h4-8,15,20-23,29H,9-14,16-17H2,1-3H3/b19-15+/t20-,21-,22+,23-,25-,26+,27-/m0/s1. The van der Waals surface area contributed by atoms with E-state index in [9.17, 15) is 9.90 Å². The van der Waals surface area contributed by atoms with Gasteiger partial charge in [-0.15, -0.1) is 0 Å². The fourth-order valence-electron chi connectivity index (χ4n) is 8.13. The van der Waals surface area contributed by atoms with Gasteiger partial charge in [-0.1, -0.05) is 44.2 Å². The maximum atomic E-state index is 13.0. The van der Waals surface area contributed by atoms with Gasteiger partial charge >= 0.3 is 0 Å². The summed E-state index contributed by atoms with van der Waals surface area (Å²) in [7, 11) is 0. The highest BCUT2D eigenvalue weighted by atomic mass is 16.3. The molecule has 2 nitrogen and oxygen atoms in total. The summed E-state index contributed by atoms with van der Waals surface area (Å²) in [6.45, 7) is 6.94. The molecule has 4 saturated carbocycles. The molecule has 1 N–H and O–H groups in total. The van der Waals surface area contributed by atoms with Crippen molar-refractivity contribution in [2.24, 2.45) is 34.5 Å². The van der Waals surface area contributed by atoms with Crippen molar-refractivity contribution in [2.45, 2.75) is 77.7 Å². The second-order valence-electron chi connectivity index (χ2n) is 11.3. The van der Waals surface area contributed by atoms with Crippen LogP contribution in [0.4, 0.5) is 0 Å². The van der Waals surface area contributed by atoms with Crippen molar-refractivity contribution in [3.63, 3.8) is 0 Å². The average molecular weight is 393 g/mol. The Morgan fingerprint density at radius 3 is 2.45 bits per heavy atom. The molecule has 0 amide bonds. The van der Waals surface area contributed by atoms with E-state index in [4.69, 9.17) is 0 Å². The summed E-state index contributed by atoms with van der Waals surface area (Å²) in [4.78, 5) is 13.0. The lowest BCUT2D eigenvalue weighted by Gasteiger charge is -2.61. The Bertz CT molecular complexity index is 837. The molecule has 4 aliphatic carbocycles. The van der Waals surface area contributed by atoms with E-state index >= 15 is 0 Å². The molecule has 29 heavy (non-hydrogen) atoms. The molecule has 5 rings (SSSR count). The van der Waals surface area contributed by atoms with Gasteiger partial charge in [0.25, 0.3) is 0 Å². The van der Waals surface area contributed by atoms with Crippen molar-refractivity contribution in [2.75, 3.05) is 0 Å². The van der Waals surface area contributed by atoms with Crippen LogP contribution < -0.4 is 0 Å². The molecule has 156 valence electrons. The third-order valence-electron chi connectivity index (χ3n) is 10.1. The second kappa shape index (κ2) is 6.54. The van der Waals surface area contributed by atoms with E-state index < -0.39 is 5.60 Å². The Balaban J connectivity index is 1.46. The second-order valence-corrected chi connectivity index (χ2v) is 11.3. The molecule has 0 bridgehead atoms. The van der Waals surface area contributed by atoms with Gasteiger partial charge in [0.1, 0.15) is 0 Å². The molecule has 0 aromatic heterocycles. The summed E-state index contributed by atoms with van der Waals surface area (Å²) < 4.78 is 0. The van der Waals surface area contributed by atoms with Crippen LogP contribution in [0.3, 0.4) is 0 Å². The molecular weight excluding hydrogens is 356 g/mol. The van der Waals surface area contributed by atoms with Gasteiger partial charge in [0.2, 0.25) is 0 Å². The lowest BCUT2D eigenvalue weighted by atomic mass is 9.44. The maximum Gasteiger partial charge on any atom is 0.159 e. The van der Waals surface area contributed by atoms with E-state index in [-0.39, 0.29) is 10.8 Å². The molecule has 0 spiro atoms. The van der Waals surface area contributed by atoms with Crippen LogP contribution in [-0.4, -0.2) is 16.5 Å². The first kappa shape index (κ1) is 19.5. The topological polar surface area (TPSA) is 37.3 Å². The lowest BCUT2D eigenvalue weighted by Crippen LogP contribution is -2.56. The summed E-state index contributed by atoms with van der Waals surface area (Å²) in [6.07, 6.45) is 10.8. The first-order valence-electron chi connectivity index (χ1n) is 11.8. The SMILES string of the molecule is C[C@]12C/C(=C\c3ccccc3)C(=O)C[C@@H]1CC[C@H]1[C@H]2CC[C@]2(C)[C@H]1CC[C@]2(C)O. The number of benzene rings is 1. The number of fused-ring (bicyclic) bond motifs is 5. The predicted octanol–water partition coefficient (Wildman–Crippen LogP) is 6.04. The van der Waals surface area contributed by atoms with Crippen molar-refractivity contribution in [3.05, 3.63) is 41.5 Å². The Morgan fingerprint density at radius 1 is 0.966 bits per heavy atom. The Kier molecular flexibility index (Phi) is 4.41. The molecule has 2 heteroatoms. The molecule has 7 atom stereocenters. The highest BCUT2D eigenvalue weighted by Crippen LogP contribution is 2.68. The smallest absolute Gasteiger partial charge is 0.159 e. The van der Waals surface area contributed by atoms with Crippen molar-refractivity contribution in [3.8, 4) is 0 Å². The molecule has 1 aromatic carbocycles. The van der Waals surface area contributed by atoms with Gasteiger partial charge in [0, 0.05) is 6.42 Å². The van der Waals surface area contributed by atoms with Crippen LogP contribution in [0.25, 0.3) is 6.08 Å². The van der Waals surface area contributed by atoms with Crippen molar-refractivity contribution in [1.82, 2.24) is 0 Å². The molecule has 0 heterocycles. The van der Waals surface area contributed by atoms with Crippen LogP contribution in [-0.2, 0) is 4.79 Å². The van der Waals surface area contributed by atoms with Crippen LogP contribution in [0.1, 0.15) is 77.7 Å². The molecular formula is C27H36O2. The van der Waals surface area contributed by atoms with E-state index in [1.165, 1.54) is 25.7 Å². The molecule has 0 radical (unpaired) electrons. The number of aliphatic hydroxyl groups is 1. The predicted molar refractivity (Wildman–Crippen MR) is 117 cm³/mol. The minimum Gasteiger partial charge on any atom is -0.390 e. The average Bonchev–Trinajstić information content (AvgIpc) is 2.93. The van der Waals surface area contributed by atoms with E-state index in [2.05, 4.69) is 51.1 Å². The van der Waals surface area contributed by atoms with Gasteiger partial charge in [-0.05, 0) is 104 Å². The number of Topliss-reactive ketones (excluding diaryl/α,β-unsaturated/α-hetero) is 1. The van der Waals surface area contributed by atoms with Crippen LogP contribution in [0.2, 0.25) is 0 Å². The zero-order valence-electron chi connectivity index (χ0n) is 18.3. The Morgan fingerprint density at radius 2 is 1.69 bits per heavy atom. The van der Waals surface area contributed by atoms with Gasteiger partial charge in [0.15, 0.2) is 5.78 Å². The van der Waals surface area contributed by atoms with Gasteiger partial charge in [-0.2, -0.15) is 0 Å². The van der Waals surface area contributed by atoms with Crippen molar-refractivity contribution < 1.29 is 9.90 Å². The quantitative estimate of drug-likeness (QED) is 0.591. The third kappa shape index (κ3) is 2.81. The number of carbonyl (C=O) groups is 1. The molecule has 0 unspecified atom stereocenters. The third-order valence-corrected chi connectivity index (χ3v) is 10.1. The number of hydrogen-bond acceptors (Lipinski definition) is 2. The van der Waals surface area contributed by atoms with E-state index in [1.807, 2.05) is 6.07 Å². The molecule has 0 saturated heterocycles. The van der Waals surface area contributed by atoms with Gasteiger partial charge in [-0.25, -0.2) is 0 Å². The summed E-state index contributed by atoms with van der Waals surface area (Å²) in [5, 5.41) is 11.1. The van der Waals surface area contributed by atoms with Crippen LogP contribution in [0.5, 0.6) is 0 Å². The number of allylic oxidation sites excluding steroid dienone is 1. The molecule has 1 aromatic rings. The minimum absolute atomic E-state index is 0.0740. The van der Waals surface area contributed by atoms with Crippen molar-refractivity contribution >= 4 is 11.9 Å². The maximum absolute atomic E-state index is 13.0. The fraction of sp³-hybridized carbons (Fsp3) is 0.667. The van der Waals surface area contributed by atoms with E-state index in [0.717, 1.165) is 42.7 Å². The van der Waals surface area contributed by atoms with Crippen molar-refractivity contribution in [1.29, 1.82) is 0 Å². The first-order chi connectivity index (χ1) is 13.7. The van der Waals surface area contributed by atoms with Crippen LogP contribution >= 0.6 is 0 Å². The monoisotopic (exact) mass is 392 g/mol. The van der Waals surface area contributed by atoms with Crippen LogP contribution in [0.15, 0.2) is 35.9 Å².